The molecular formula is C43H42N4O8S. The molecule has 3 atom stereocenters. The van der Waals surface area contributed by atoms with Crippen LogP contribution in [0.2, 0.25) is 0 Å². The minimum Gasteiger partial charge on any atom is -0.493 e. The van der Waals surface area contributed by atoms with E-state index in [0.29, 0.717) is 48.9 Å². The summed E-state index contributed by atoms with van der Waals surface area (Å²) >= 11 is 1.38. The largest absolute Gasteiger partial charge is 0.493 e. The summed E-state index contributed by atoms with van der Waals surface area (Å²) in [5.74, 6) is 0.456. The molecule has 288 valence electrons. The second-order valence-electron chi connectivity index (χ2n) is 13.2. The number of anilines is 1. The number of ether oxygens (including phenoxy) is 3. The molecule has 2 aliphatic heterocycles. The van der Waals surface area contributed by atoms with Crippen LogP contribution in [0, 0.1) is 5.92 Å². The lowest BCUT2D eigenvalue weighted by molar-refractivity contribution is -0.143. The van der Waals surface area contributed by atoms with Crippen LogP contribution in [0.15, 0.2) is 109 Å². The van der Waals surface area contributed by atoms with Gasteiger partial charge in [-0.15, -0.1) is 0 Å². The SMILES string of the molecule is CC(N)c1ccc(C(=O)O)cc1-c1cccc(OC2CCOC2=O)c1.NCc1ccc(C(=O)Nc2ccncc2)cc1-c1cccc(OCC2CCSC2=O)c1. The number of hydrogen-bond donors (Lipinski definition) is 4. The van der Waals surface area contributed by atoms with Crippen molar-refractivity contribution >= 4 is 40.4 Å². The van der Waals surface area contributed by atoms with Crippen LogP contribution in [0.4, 0.5) is 5.69 Å². The van der Waals surface area contributed by atoms with E-state index in [1.807, 2.05) is 49.4 Å². The van der Waals surface area contributed by atoms with Gasteiger partial charge in [-0.1, -0.05) is 48.2 Å². The zero-order chi connectivity index (χ0) is 39.6. The number of nitrogens with zero attached hydrogens (tertiary/aromatic N) is 1. The predicted molar refractivity (Wildman–Crippen MR) is 214 cm³/mol. The highest BCUT2D eigenvalue weighted by molar-refractivity contribution is 8.14. The highest BCUT2D eigenvalue weighted by atomic mass is 32.2. The molecule has 2 fully saturated rings. The van der Waals surface area contributed by atoms with E-state index in [4.69, 9.17) is 25.7 Å². The fraction of sp³-hybridized carbons (Fsp3) is 0.233. The molecule has 13 heteroatoms. The van der Waals surface area contributed by atoms with Crippen molar-refractivity contribution in [2.45, 2.75) is 38.5 Å². The van der Waals surface area contributed by atoms with Gasteiger partial charge in [-0.25, -0.2) is 9.59 Å². The fourth-order valence-electron chi connectivity index (χ4n) is 6.26. The molecule has 0 radical (unpaired) electrons. The fourth-order valence-corrected chi connectivity index (χ4v) is 7.29. The van der Waals surface area contributed by atoms with Gasteiger partial charge >= 0.3 is 11.9 Å². The normalized spacial score (nSPS) is 16.6. The molecule has 0 bridgehead atoms. The van der Waals surface area contributed by atoms with Crippen molar-refractivity contribution in [3.63, 3.8) is 0 Å². The Morgan fingerprint density at radius 2 is 1.61 bits per heavy atom. The van der Waals surface area contributed by atoms with E-state index >= 15 is 0 Å². The van der Waals surface area contributed by atoms with E-state index < -0.39 is 12.1 Å². The summed E-state index contributed by atoms with van der Waals surface area (Å²) in [7, 11) is 0. The third-order valence-corrected chi connectivity index (χ3v) is 10.3. The molecule has 56 heavy (non-hydrogen) atoms. The number of carbonyl (C=O) groups is 4. The van der Waals surface area contributed by atoms with Crippen LogP contribution in [-0.2, 0) is 20.9 Å². The molecule has 5 aromatic rings. The molecule has 7 rings (SSSR count). The number of carboxylic acid groups (broad SMARTS) is 1. The summed E-state index contributed by atoms with van der Waals surface area (Å²) in [5, 5.41) is 12.3. The van der Waals surface area contributed by atoms with Gasteiger partial charge in [-0.3, -0.25) is 14.6 Å². The first-order valence-electron chi connectivity index (χ1n) is 18.1. The van der Waals surface area contributed by atoms with Crippen LogP contribution in [0.3, 0.4) is 0 Å². The Morgan fingerprint density at radius 1 is 0.911 bits per heavy atom. The van der Waals surface area contributed by atoms with Gasteiger partial charge in [0.15, 0.2) is 11.2 Å². The number of hydrogen-bond acceptors (Lipinski definition) is 11. The number of rotatable bonds is 12. The number of benzene rings is 4. The Bertz CT molecular complexity index is 2210. The van der Waals surface area contributed by atoms with Crippen LogP contribution >= 0.6 is 11.8 Å². The average Bonchev–Trinajstić information content (AvgIpc) is 3.83. The van der Waals surface area contributed by atoms with Gasteiger partial charge in [-0.2, -0.15) is 0 Å². The molecule has 1 aromatic heterocycles. The van der Waals surface area contributed by atoms with E-state index in [-0.39, 0.29) is 34.5 Å². The maximum Gasteiger partial charge on any atom is 0.347 e. The molecule has 3 unspecified atom stereocenters. The summed E-state index contributed by atoms with van der Waals surface area (Å²) in [5.41, 5.74) is 18.4. The number of aromatic carboxylic acids is 1. The number of esters is 1. The lowest BCUT2D eigenvalue weighted by Crippen LogP contribution is -2.21. The molecule has 0 aliphatic carbocycles. The zero-order valence-electron chi connectivity index (χ0n) is 30.7. The van der Waals surface area contributed by atoms with Gasteiger partial charge in [-0.05, 0) is 107 Å². The highest BCUT2D eigenvalue weighted by Crippen LogP contribution is 2.33. The molecule has 2 saturated heterocycles. The molecule has 0 saturated carbocycles. The minimum absolute atomic E-state index is 0.0477. The molecule has 12 nitrogen and oxygen atoms in total. The lowest BCUT2D eigenvalue weighted by atomic mass is 9.93. The number of nitrogens with two attached hydrogens (primary N) is 2. The molecule has 4 aromatic carbocycles. The number of cyclic esters (lactones) is 1. The van der Waals surface area contributed by atoms with Crippen LogP contribution < -0.4 is 26.3 Å². The number of carboxylic acids is 1. The lowest BCUT2D eigenvalue weighted by Gasteiger charge is -2.16. The number of thioether (sulfide) groups is 1. The minimum atomic E-state index is -1.00. The van der Waals surface area contributed by atoms with Crippen LogP contribution in [0.1, 0.15) is 57.7 Å². The van der Waals surface area contributed by atoms with Crippen LogP contribution in [0.25, 0.3) is 22.3 Å². The Labute approximate surface area is 328 Å². The second-order valence-corrected chi connectivity index (χ2v) is 14.3. The number of pyridine rings is 1. The van der Waals surface area contributed by atoms with E-state index in [0.717, 1.165) is 45.6 Å². The predicted octanol–water partition coefficient (Wildman–Crippen LogP) is 6.88. The van der Waals surface area contributed by atoms with Crippen molar-refractivity contribution in [3.05, 3.63) is 132 Å². The molecular weight excluding hydrogens is 733 g/mol. The smallest absolute Gasteiger partial charge is 0.347 e. The van der Waals surface area contributed by atoms with Gasteiger partial charge in [0.2, 0.25) is 0 Å². The maximum absolute atomic E-state index is 12.7. The van der Waals surface area contributed by atoms with Crippen molar-refractivity contribution < 1.29 is 38.5 Å². The highest BCUT2D eigenvalue weighted by Gasteiger charge is 2.29. The Hall–Kier alpha value is -6.02. The Morgan fingerprint density at radius 3 is 2.27 bits per heavy atom. The van der Waals surface area contributed by atoms with E-state index in [9.17, 15) is 24.3 Å². The van der Waals surface area contributed by atoms with Crippen molar-refractivity contribution in [1.29, 1.82) is 0 Å². The Balaban J connectivity index is 0.000000194. The summed E-state index contributed by atoms with van der Waals surface area (Å²) in [4.78, 5) is 51.4. The Kier molecular flexibility index (Phi) is 13.1. The van der Waals surface area contributed by atoms with E-state index in [2.05, 4.69) is 10.3 Å². The molecule has 0 spiro atoms. The molecule has 3 heterocycles. The third-order valence-electron chi connectivity index (χ3n) is 9.27. The van der Waals surface area contributed by atoms with Crippen molar-refractivity contribution in [2.24, 2.45) is 17.4 Å². The van der Waals surface area contributed by atoms with E-state index in [1.165, 1.54) is 11.8 Å². The van der Waals surface area contributed by atoms with Gasteiger partial charge in [0.05, 0.1) is 24.7 Å². The van der Waals surface area contributed by atoms with Gasteiger partial charge in [0, 0.05) is 48.4 Å². The van der Waals surface area contributed by atoms with Crippen LogP contribution in [0.5, 0.6) is 11.5 Å². The quantitative estimate of drug-likeness (QED) is 0.0962. The number of amides is 1. The first-order valence-corrected chi connectivity index (χ1v) is 19.1. The van der Waals surface area contributed by atoms with E-state index in [1.54, 1.807) is 67.0 Å². The first kappa shape index (κ1) is 39.7. The van der Waals surface area contributed by atoms with Gasteiger partial charge < -0.3 is 36.1 Å². The maximum atomic E-state index is 12.7. The molecule has 2 aliphatic rings. The van der Waals surface area contributed by atoms with Crippen molar-refractivity contribution in [3.8, 4) is 33.8 Å². The number of aromatic nitrogens is 1. The van der Waals surface area contributed by atoms with Gasteiger partial charge in [0.1, 0.15) is 11.5 Å². The summed E-state index contributed by atoms with van der Waals surface area (Å²) in [6.45, 7) is 2.93. The summed E-state index contributed by atoms with van der Waals surface area (Å²) < 4.78 is 16.5. The monoisotopic (exact) mass is 774 g/mol. The standard InChI is InChI=1S/C24H23N3O3S.C19H19NO5/c25-14-18-5-4-17(23(28)27-20-6-9-26-10-7-20)13-22(18)16-2-1-3-21(12-16)30-15-19-8-11-31-24(19)29;1-11(20)15-6-5-13(18(21)22)10-16(15)12-3-2-4-14(9-12)25-17-7-8-24-19(17)23/h1-7,9-10,12-13,19H,8,11,14-15,25H2,(H,26,27,28);2-6,9-11,17H,7-8,20H2,1H3,(H,21,22). The van der Waals surface area contributed by atoms with Crippen molar-refractivity contribution in [1.82, 2.24) is 4.98 Å². The molecule has 1 amide bonds. The number of nitrogens with one attached hydrogen (secondary N) is 1. The number of carbonyl (C=O) groups excluding carboxylic acids is 3. The topological polar surface area (TPSA) is 193 Å². The summed E-state index contributed by atoms with van der Waals surface area (Å²) in [6.07, 6.45) is 4.02. The third kappa shape index (κ3) is 9.99. The summed E-state index contributed by atoms with van der Waals surface area (Å²) in [6, 6.07) is 28.4. The van der Waals surface area contributed by atoms with Crippen LogP contribution in [-0.4, -0.2) is 58.1 Å². The zero-order valence-corrected chi connectivity index (χ0v) is 31.5. The average molecular weight is 775 g/mol. The first-order chi connectivity index (χ1) is 27.1. The van der Waals surface area contributed by atoms with Gasteiger partial charge in [0.25, 0.3) is 5.91 Å². The molecule has 6 N–H and O–H groups in total. The van der Waals surface area contributed by atoms with Crippen molar-refractivity contribution in [2.75, 3.05) is 24.3 Å². The second kappa shape index (κ2) is 18.5.